The van der Waals surface area contributed by atoms with Crippen molar-refractivity contribution in [1.82, 2.24) is 15.0 Å². The summed E-state index contributed by atoms with van der Waals surface area (Å²) < 4.78 is 1.11. The number of hydrogen-bond donors (Lipinski definition) is 3. The van der Waals surface area contributed by atoms with Crippen LogP contribution in [0.5, 0.6) is 0 Å². The van der Waals surface area contributed by atoms with Gasteiger partial charge in [0.05, 0.1) is 15.8 Å². The summed E-state index contributed by atoms with van der Waals surface area (Å²) in [5, 5.41) is 17.7. The third-order valence-electron chi connectivity index (χ3n) is 5.75. The summed E-state index contributed by atoms with van der Waals surface area (Å²) in [7, 11) is 0. The molecule has 2 heterocycles. The van der Waals surface area contributed by atoms with Crippen LogP contribution >= 0.6 is 22.9 Å². The molecule has 1 aliphatic rings. The van der Waals surface area contributed by atoms with Gasteiger partial charge < -0.3 is 15.7 Å². The predicted molar refractivity (Wildman–Crippen MR) is 125 cm³/mol. The van der Waals surface area contributed by atoms with E-state index >= 15 is 0 Å². The topological polar surface area (TPSA) is 83.0 Å². The summed E-state index contributed by atoms with van der Waals surface area (Å²) in [4.78, 5) is 14.1. The van der Waals surface area contributed by atoms with Crippen molar-refractivity contribution in [3.05, 3.63) is 29.4 Å². The fraction of sp³-hybridized carbons (Fsp3) is 0.500. The van der Waals surface area contributed by atoms with Gasteiger partial charge in [-0.25, -0.2) is 9.97 Å². The van der Waals surface area contributed by atoms with Crippen molar-refractivity contribution in [3.63, 3.8) is 0 Å². The number of unbranched alkanes of at least 4 members (excludes halogenated alkanes) is 1. The van der Waals surface area contributed by atoms with Gasteiger partial charge in [-0.2, -0.15) is 4.98 Å². The molecule has 4 rings (SSSR count). The summed E-state index contributed by atoms with van der Waals surface area (Å²) in [6.07, 6.45) is 4.06. The lowest BCUT2D eigenvalue weighted by molar-refractivity contribution is 0.226. The van der Waals surface area contributed by atoms with Crippen LogP contribution in [-0.4, -0.2) is 39.3 Å². The number of nitrogens with one attached hydrogen (secondary N) is 2. The van der Waals surface area contributed by atoms with Gasteiger partial charge in [0.15, 0.2) is 0 Å². The SMILES string of the molecule is CCCCNc1nc(Cl)c(-c2nc3ccccc3s2)c(N[C@@H]2C[C@H](CO)C[C@H]2C)n1. The van der Waals surface area contributed by atoms with E-state index in [0.717, 1.165) is 53.0 Å². The van der Waals surface area contributed by atoms with Gasteiger partial charge in [-0.15, -0.1) is 11.3 Å². The van der Waals surface area contributed by atoms with Crippen LogP contribution < -0.4 is 10.6 Å². The fourth-order valence-electron chi connectivity index (χ4n) is 4.07. The Balaban J connectivity index is 1.71. The summed E-state index contributed by atoms with van der Waals surface area (Å²) in [5.41, 5.74) is 1.69. The normalized spacial score (nSPS) is 21.3. The van der Waals surface area contributed by atoms with Crippen molar-refractivity contribution in [2.45, 2.75) is 45.6 Å². The number of para-hydroxylation sites is 1. The maximum atomic E-state index is 9.60. The second kappa shape index (κ2) is 9.45. The number of halogens is 1. The van der Waals surface area contributed by atoms with Crippen molar-refractivity contribution >= 4 is 44.9 Å². The monoisotopic (exact) mass is 445 g/mol. The largest absolute Gasteiger partial charge is 0.396 e. The third-order valence-corrected chi connectivity index (χ3v) is 7.07. The maximum absolute atomic E-state index is 9.60. The quantitative estimate of drug-likeness (QED) is 0.316. The minimum Gasteiger partial charge on any atom is -0.396 e. The van der Waals surface area contributed by atoms with Crippen LogP contribution in [-0.2, 0) is 0 Å². The van der Waals surface area contributed by atoms with E-state index in [1.165, 1.54) is 0 Å². The molecule has 3 atom stereocenters. The minimum absolute atomic E-state index is 0.224. The number of nitrogens with zero attached hydrogens (tertiary/aromatic N) is 3. The molecule has 0 aliphatic heterocycles. The van der Waals surface area contributed by atoms with Crippen LogP contribution in [0.15, 0.2) is 24.3 Å². The first kappa shape index (κ1) is 21.3. The molecule has 0 amide bonds. The Morgan fingerprint density at radius 3 is 2.77 bits per heavy atom. The van der Waals surface area contributed by atoms with Gasteiger partial charge in [0.1, 0.15) is 16.0 Å². The lowest BCUT2D eigenvalue weighted by atomic mass is 10.1. The lowest BCUT2D eigenvalue weighted by Gasteiger charge is -2.20. The molecule has 3 aromatic rings. The molecule has 3 N–H and O–H groups in total. The number of rotatable bonds is 8. The molecule has 1 saturated carbocycles. The molecule has 160 valence electrons. The zero-order valence-corrected chi connectivity index (χ0v) is 18.9. The highest BCUT2D eigenvalue weighted by molar-refractivity contribution is 7.21. The predicted octanol–water partition coefficient (Wildman–Crippen LogP) is 5.44. The number of fused-ring (bicyclic) bond motifs is 1. The van der Waals surface area contributed by atoms with Gasteiger partial charge >= 0.3 is 0 Å². The van der Waals surface area contributed by atoms with Gasteiger partial charge in [-0.3, -0.25) is 0 Å². The fourth-order valence-corrected chi connectivity index (χ4v) is 5.39. The first-order valence-electron chi connectivity index (χ1n) is 10.6. The van der Waals surface area contributed by atoms with E-state index < -0.39 is 0 Å². The lowest BCUT2D eigenvalue weighted by Crippen LogP contribution is -2.24. The van der Waals surface area contributed by atoms with Crippen molar-refractivity contribution in [1.29, 1.82) is 0 Å². The average Bonchev–Trinajstić information content (AvgIpc) is 3.31. The Morgan fingerprint density at radius 2 is 2.03 bits per heavy atom. The van der Waals surface area contributed by atoms with E-state index in [9.17, 15) is 5.11 Å². The van der Waals surface area contributed by atoms with Crippen molar-refractivity contribution in [3.8, 4) is 10.6 Å². The summed E-state index contributed by atoms with van der Waals surface area (Å²) in [5.74, 6) is 2.01. The molecule has 0 unspecified atom stereocenters. The molecule has 2 aromatic heterocycles. The standard InChI is InChI=1S/C22H28ClN5OS/c1-3-4-9-24-22-27-19(23)18(21-26-15-7-5-6-8-17(15)30-21)20(28-22)25-16-11-14(12-29)10-13(16)2/h5-8,13-14,16,29H,3-4,9-12H2,1-2H3,(H2,24,25,27,28)/t13-,14-,16-/m1/s1. The van der Waals surface area contributed by atoms with E-state index in [2.05, 4.69) is 35.5 Å². The number of aliphatic hydroxyl groups excluding tert-OH is 1. The number of aliphatic hydroxyl groups is 1. The van der Waals surface area contributed by atoms with Gasteiger partial charge in [0.2, 0.25) is 5.95 Å². The molecular formula is C22H28ClN5OS. The first-order valence-corrected chi connectivity index (χ1v) is 11.8. The summed E-state index contributed by atoms with van der Waals surface area (Å²) in [6.45, 7) is 5.40. The minimum atomic E-state index is 0.224. The second-order valence-electron chi connectivity index (χ2n) is 8.08. The van der Waals surface area contributed by atoms with Crippen molar-refractivity contribution in [2.24, 2.45) is 11.8 Å². The molecule has 1 fully saturated rings. The molecule has 0 spiro atoms. The highest BCUT2D eigenvalue weighted by Crippen LogP contribution is 2.40. The van der Waals surface area contributed by atoms with Gasteiger partial charge in [-0.05, 0) is 43.2 Å². The highest BCUT2D eigenvalue weighted by Gasteiger charge is 2.32. The molecule has 0 saturated heterocycles. The van der Waals surface area contributed by atoms with Crippen LogP contribution in [0, 0.1) is 11.8 Å². The number of aromatic nitrogens is 3. The Bertz CT molecular complexity index is 977. The molecule has 8 heteroatoms. The van der Waals surface area contributed by atoms with Crippen LogP contribution in [0.25, 0.3) is 20.8 Å². The van der Waals surface area contributed by atoms with Gasteiger partial charge in [0.25, 0.3) is 0 Å². The maximum Gasteiger partial charge on any atom is 0.226 e. The Labute approximate surface area is 186 Å². The van der Waals surface area contributed by atoms with Crippen molar-refractivity contribution < 1.29 is 5.11 Å². The van der Waals surface area contributed by atoms with Crippen molar-refractivity contribution in [2.75, 3.05) is 23.8 Å². The molecule has 1 aromatic carbocycles. The van der Waals surface area contributed by atoms with E-state index in [0.29, 0.717) is 28.8 Å². The smallest absolute Gasteiger partial charge is 0.226 e. The molecule has 1 aliphatic carbocycles. The van der Waals surface area contributed by atoms with Crippen LogP contribution in [0.1, 0.15) is 39.5 Å². The highest BCUT2D eigenvalue weighted by atomic mass is 35.5. The number of benzene rings is 1. The van der Waals surface area contributed by atoms with E-state index in [1.54, 1.807) is 11.3 Å². The van der Waals surface area contributed by atoms with Crippen LogP contribution in [0.3, 0.4) is 0 Å². The zero-order valence-electron chi connectivity index (χ0n) is 17.4. The summed E-state index contributed by atoms with van der Waals surface area (Å²) >= 11 is 8.28. The molecule has 30 heavy (non-hydrogen) atoms. The molecule has 0 radical (unpaired) electrons. The number of thiazole rings is 1. The molecule has 0 bridgehead atoms. The number of anilines is 2. The Kier molecular flexibility index (Phi) is 6.71. The Morgan fingerprint density at radius 1 is 1.20 bits per heavy atom. The van der Waals surface area contributed by atoms with E-state index in [-0.39, 0.29) is 12.6 Å². The van der Waals surface area contributed by atoms with E-state index in [1.807, 2.05) is 18.2 Å². The Hall–Kier alpha value is -1.96. The zero-order chi connectivity index (χ0) is 21.1. The van der Waals surface area contributed by atoms with Crippen LogP contribution in [0.4, 0.5) is 11.8 Å². The molecule has 6 nitrogen and oxygen atoms in total. The first-order chi connectivity index (χ1) is 14.6. The summed E-state index contributed by atoms with van der Waals surface area (Å²) in [6, 6.07) is 8.29. The van der Waals surface area contributed by atoms with E-state index in [4.69, 9.17) is 21.6 Å². The average molecular weight is 446 g/mol. The van der Waals surface area contributed by atoms with Gasteiger partial charge in [0, 0.05) is 19.2 Å². The second-order valence-corrected chi connectivity index (χ2v) is 9.47. The molecular weight excluding hydrogens is 418 g/mol. The number of hydrogen-bond acceptors (Lipinski definition) is 7. The third kappa shape index (κ3) is 4.53. The van der Waals surface area contributed by atoms with Crippen LogP contribution in [0.2, 0.25) is 5.15 Å². The van der Waals surface area contributed by atoms with Gasteiger partial charge in [-0.1, -0.05) is 44.0 Å².